The van der Waals surface area contributed by atoms with Crippen molar-refractivity contribution in [3.05, 3.63) is 361 Å². The Bertz CT molecular complexity index is 6920. The third-order valence-corrected chi connectivity index (χ3v) is 21.6. The Morgan fingerprint density at radius 1 is 0.317 bits per heavy atom. The molecule has 0 aliphatic carbocycles. The van der Waals surface area contributed by atoms with Crippen molar-refractivity contribution < 1.29 is 15.4 Å². The molecule has 496 valence electrons. The summed E-state index contributed by atoms with van der Waals surface area (Å²) < 4.78 is 87.3. The van der Waals surface area contributed by atoms with Gasteiger partial charge in [-0.2, -0.15) is 0 Å². The first-order valence-corrected chi connectivity index (χ1v) is 35.8. The molecule has 5 nitrogen and oxygen atoms in total. The van der Waals surface area contributed by atoms with Crippen LogP contribution in [0.25, 0.3) is 133 Å². The molecule has 2 aliphatic rings. The molecule has 0 radical (unpaired) electrons. The molecule has 0 spiro atoms. The van der Waals surface area contributed by atoms with Crippen LogP contribution in [0.3, 0.4) is 0 Å². The van der Waals surface area contributed by atoms with Crippen molar-refractivity contribution in [3.63, 3.8) is 0 Å². The van der Waals surface area contributed by atoms with Crippen LogP contribution in [-0.4, -0.2) is 9.13 Å². The predicted molar refractivity (Wildman–Crippen MR) is 437 cm³/mol. The van der Waals surface area contributed by atoms with E-state index in [-0.39, 0.29) is 39.3 Å². The monoisotopic (exact) mass is 1340 g/mol. The summed E-state index contributed by atoms with van der Waals surface area (Å²) in [6, 6.07) is 98.7. The van der Waals surface area contributed by atoms with Gasteiger partial charge in [0.15, 0.2) is 0 Å². The quantitative estimate of drug-likeness (QED) is 0.144. The number of hydrogen-bond donors (Lipinski definition) is 0. The Kier molecular flexibility index (Phi) is 12.0. The van der Waals surface area contributed by atoms with E-state index in [0.29, 0.717) is 11.3 Å². The molecule has 0 saturated carbocycles. The topological polar surface area (TPSA) is 29.5 Å². The van der Waals surface area contributed by atoms with E-state index in [1.54, 1.807) is 4.57 Å². The second-order valence-corrected chi connectivity index (χ2v) is 29.7. The van der Waals surface area contributed by atoms with Gasteiger partial charge in [0, 0.05) is 77.4 Å². The molecule has 0 N–H and O–H groups in total. The summed E-state index contributed by atoms with van der Waals surface area (Å²) in [4.78, 5) is 5.06. The number of hydrogen-bond acceptors (Lipinski definition) is 3. The Morgan fingerprint density at radius 2 is 0.827 bits per heavy atom. The molecule has 0 bridgehead atoms. The van der Waals surface area contributed by atoms with Gasteiger partial charge in [-0.3, -0.25) is 0 Å². The van der Waals surface area contributed by atoms with E-state index in [4.69, 9.17) is 7.16 Å². The molecule has 5 heterocycles. The highest BCUT2D eigenvalue weighted by Crippen LogP contribution is 2.66. The van der Waals surface area contributed by atoms with E-state index in [1.807, 2.05) is 30.3 Å². The molecule has 1 unspecified atom stereocenters. The first-order chi connectivity index (χ1) is 54.2. The van der Waals surface area contributed by atoms with Crippen LogP contribution in [0.15, 0.2) is 338 Å². The minimum atomic E-state index is -0.549. The van der Waals surface area contributed by atoms with E-state index in [0.717, 1.165) is 156 Å². The molecule has 3 aromatic heterocycles. The Balaban J connectivity index is 1.02. The first-order valence-electron chi connectivity index (χ1n) is 39.8. The molecule has 104 heavy (non-hydrogen) atoms. The van der Waals surface area contributed by atoms with Gasteiger partial charge in [-0.15, -0.1) is 0 Å². The summed E-state index contributed by atoms with van der Waals surface area (Å²) in [6.07, 6.45) is 0. The van der Waals surface area contributed by atoms with Gasteiger partial charge in [-0.05, 0) is 151 Å². The highest BCUT2D eigenvalue weighted by molar-refractivity contribution is 6.24. The highest BCUT2D eigenvalue weighted by atomic mass is 16.3. The zero-order valence-corrected chi connectivity index (χ0v) is 58.4. The zero-order chi connectivity index (χ0) is 76.7. The van der Waals surface area contributed by atoms with Crippen LogP contribution in [0.1, 0.15) is 86.2 Å². The number of anilines is 6. The van der Waals surface area contributed by atoms with Gasteiger partial charge in [0.05, 0.1) is 67.2 Å². The molecular formula is C99H74N4O. The fourth-order valence-corrected chi connectivity index (χ4v) is 16.8. The van der Waals surface area contributed by atoms with E-state index < -0.39 is 47.6 Å². The second-order valence-electron chi connectivity index (χ2n) is 29.7. The molecule has 0 amide bonds. The molecule has 1 atom stereocenters. The summed E-state index contributed by atoms with van der Waals surface area (Å²) in [5.74, 6) is -0.549. The summed E-state index contributed by atoms with van der Waals surface area (Å²) in [6.45, 7) is 13.6. The minimum Gasteiger partial charge on any atom is -0.456 e. The van der Waals surface area contributed by atoms with Gasteiger partial charge in [0.25, 0.3) is 0 Å². The summed E-state index contributed by atoms with van der Waals surface area (Å²) in [5, 5.41) is 4.03. The van der Waals surface area contributed by atoms with Gasteiger partial charge in [-0.25, -0.2) is 0 Å². The number of para-hydroxylation sites is 5. The number of furan rings is 1. The summed E-state index contributed by atoms with van der Waals surface area (Å²) in [5.41, 5.74) is 24.8. The lowest BCUT2D eigenvalue weighted by Crippen LogP contribution is -2.31. The number of benzene rings is 15. The fraction of sp³-hybridized carbons (Fsp3) is 0.0909. The molecule has 2 aliphatic heterocycles. The van der Waals surface area contributed by atoms with Crippen LogP contribution in [0.2, 0.25) is 0 Å². The molecule has 0 saturated heterocycles. The van der Waals surface area contributed by atoms with Crippen molar-refractivity contribution in [2.45, 2.75) is 58.3 Å². The van der Waals surface area contributed by atoms with Crippen molar-refractivity contribution in [3.8, 4) is 67.0 Å². The van der Waals surface area contributed by atoms with Gasteiger partial charge in [0.1, 0.15) is 11.2 Å². The molecule has 15 aromatic carbocycles. The lowest BCUT2D eigenvalue weighted by atomic mass is 9.72. The highest BCUT2D eigenvalue weighted by Gasteiger charge is 2.45. The molecular weight excluding hydrogens is 1260 g/mol. The molecule has 20 rings (SSSR count). The average molecular weight is 1340 g/mol. The van der Waals surface area contributed by atoms with Crippen LogP contribution in [0, 0.1) is 0 Å². The Morgan fingerprint density at radius 3 is 1.45 bits per heavy atom. The standard InChI is InChI=1S/C99H74N4O/c1-98(2,3)68-40-30-39-66(55-68)67-51-54-83-79(56-67)92-75-53-52-71(101-80-47-26-22-43-72(80)73-44-23-27-48-81(73)101)59-84(75)103(97-78(63-33-14-8-15-34-63)61-89-94(76-46-25-29-50-88(76)104-89)91(97)65-37-18-10-19-38-65)86-58-69(99(4,5)6)57-85(95(86)92)102(83)96-77(62-31-12-7-13-32-62)60-87-93(90(96)64-35-16-9-17-36-64)74-45-24-28-49-82(74)100(87)70-41-20-11-21-42-70/h7-61,92H,1-6H3/i22D,23D,26D,27D,43D,44D,47D,48D. The maximum Gasteiger partial charge on any atom is 0.136 e. The van der Waals surface area contributed by atoms with Crippen LogP contribution in [0.5, 0.6) is 0 Å². The maximum absolute atomic E-state index is 9.93. The Labute approximate surface area is 617 Å². The largest absolute Gasteiger partial charge is 0.456 e. The van der Waals surface area contributed by atoms with Crippen LogP contribution >= 0.6 is 0 Å². The summed E-state index contributed by atoms with van der Waals surface area (Å²) >= 11 is 0. The third-order valence-electron chi connectivity index (χ3n) is 21.6. The SMILES string of the molecule is [2H]c1c([2H])c([2H])c2c(c1[2H])c1c([2H])c([2H])c([2H])c([2H])c1n2-c1ccc2c(c1)N(c1c(-c3ccccc3)cc3oc4ccccc4c3c1-c1ccccc1)c1cc(C(C)(C)C)cc3c1C2c1cc(-c2cccc(C(C)(C)C)c2)ccc1N3c1c(-c2ccccc2)cc2c(c1-c1ccccc1)c1ccccc1n2-c1ccccc1. The number of nitrogens with zero attached hydrogens (tertiary/aromatic N) is 4. The van der Waals surface area contributed by atoms with Crippen molar-refractivity contribution in [2.75, 3.05) is 9.80 Å². The van der Waals surface area contributed by atoms with E-state index in [1.165, 1.54) is 5.56 Å². The van der Waals surface area contributed by atoms with Crippen LogP contribution in [0.4, 0.5) is 34.1 Å². The first kappa shape index (κ1) is 53.2. The van der Waals surface area contributed by atoms with E-state index in [2.05, 4.69) is 311 Å². The van der Waals surface area contributed by atoms with Gasteiger partial charge in [-0.1, -0.05) is 290 Å². The lowest BCUT2D eigenvalue weighted by molar-refractivity contribution is 0.589. The zero-order valence-electron chi connectivity index (χ0n) is 66.4. The lowest BCUT2D eigenvalue weighted by Gasteiger charge is -2.47. The summed E-state index contributed by atoms with van der Waals surface area (Å²) in [7, 11) is 0. The van der Waals surface area contributed by atoms with Crippen molar-refractivity contribution >= 4 is 99.7 Å². The van der Waals surface area contributed by atoms with E-state index >= 15 is 0 Å². The minimum absolute atomic E-state index is 0.000631. The van der Waals surface area contributed by atoms with E-state index in [9.17, 15) is 8.22 Å². The maximum atomic E-state index is 9.93. The normalized spacial score (nSPS) is 14.6. The molecule has 0 fully saturated rings. The van der Waals surface area contributed by atoms with Crippen LogP contribution < -0.4 is 9.80 Å². The second kappa shape index (κ2) is 23.4. The number of aromatic nitrogens is 2. The van der Waals surface area contributed by atoms with Crippen molar-refractivity contribution in [1.82, 2.24) is 9.13 Å². The van der Waals surface area contributed by atoms with Gasteiger partial charge in [0.2, 0.25) is 0 Å². The number of rotatable bonds is 9. The predicted octanol–water partition coefficient (Wildman–Crippen LogP) is 27.5. The van der Waals surface area contributed by atoms with Crippen LogP contribution in [-0.2, 0) is 10.8 Å². The average Bonchev–Trinajstić information content (AvgIpc) is 0.940. The number of fused-ring (bicyclic) bond motifs is 13. The van der Waals surface area contributed by atoms with Crippen molar-refractivity contribution in [2.24, 2.45) is 0 Å². The molecule has 5 heteroatoms. The van der Waals surface area contributed by atoms with Crippen molar-refractivity contribution in [1.29, 1.82) is 0 Å². The smallest absolute Gasteiger partial charge is 0.136 e. The fourth-order valence-electron chi connectivity index (χ4n) is 16.8. The molecule has 18 aromatic rings. The Hall–Kier alpha value is -12.7. The van der Waals surface area contributed by atoms with Gasteiger partial charge < -0.3 is 23.4 Å². The van der Waals surface area contributed by atoms with Gasteiger partial charge >= 0.3 is 0 Å². The third kappa shape index (κ3) is 9.46.